The minimum Gasteiger partial charge on any atom is -0.493 e. The molecule has 0 saturated heterocycles. The highest BCUT2D eigenvalue weighted by Crippen LogP contribution is 2.13. The lowest BCUT2D eigenvalue weighted by Crippen LogP contribution is -2.33. The SMILES string of the molecule is CC(C)COc1ccc(CNC(C)C(=O)O)cc1. The number of aliphatic carboxylic acids is 1. The quantitative estimate of drug-likeness (QED) is 0.780. The van der Waals surface area contributed by atoms with Gasteiger partial charge >= 0.3 is 5.97 Å². The summed E-state index contributed by atoms with van der Waals surface area (Å²) in [6, 6.07) is 7.16. The van der Waals surface area contributed by atoms with Crippen LogP contribution >= 0.6 is 0 Å². The number of hydrogen-bond acceptors (Lipinski definition) is 3. The average molecular weight is 251 g/mol. The second-order valence-corrected chi connectivity index (χ2v) is 4.79. The van der Waals surface area contributed by atoms with Crippen LogP contribution in [-0.4, -0.2) is 23.7 Å². The highest BCUT2D eigenvalue weighted by Gasteiger charge is 2.09. The van der Waals surface area contributed by atoms with Crippen LogP contribution in [0.1, 0.15) is 26.3 Å². The van der Waals surface area contributed by atoms with Crippen molar-refractivity contribution in [3.63, 3.8) is 0 Å². The molecule has 0 aliphatic heterocycles. The predicted octanol–water partition coefficient (Wildman–Crippen LogP) is 2.28. The van der Waals surface area contributed by atoms with Crippen molar-refractivity contribution in [2.75, 3.05) is 6.61 Å². The molecule has 1 aromatic carbocycles. The molecule has 0 fully saturated rings. The molecule has 1 rings (SSSR count). The highest BCUT2D eigenvalue weighted by molar-refractivity contribution is 5.72. The summed E-state index contributed by atoms with van der Waals surface area (Å²) in [5.41, 5.74) is 1.04. The van der Waals surface area contributed by atoms with Crippen LogP contribution in [0, 0.1) is 5.92 Å². The Morgan fingerprint density at radius 1 is 1.28 bits per heavy atom. The molecule has 4 heteroatoms. The van der Waals surface area contributed by atoms with E-state index in [1.165, 1.54) is 0 Å². The summed E-state index contributed by atoms with van der Waals surface area (Å²) in [7, 11) is 0. The Morgan fingerprint density at radius 3 is 2.39 bits per heavy atom. The Labute approximate surface area is 108 Å². The van der Waals surface area contributed by atoms with E-state index < -0.39 is 12.0 Å². The van der Waals surface area contributed by atoms with Crippen molar-refractivity contribution in [1.82, 2.24) is 5.32 Å². The zero-order chi connectivity index (χ0) is 13.5. The van der Waals surface area contributed by atoms with Gasteiger partial charge in [-0.2, -0.15) is 0 Å². The smallest absolute Gasteiger partial charge is 0.320 e. The maximum absolute atomic E-state index is 10.6. The lowest BCUT2D eigenvalue weighted by molar-refractivity contribution is -0.139. The van der Waals surface area contributed by atoms with E-state index in [0.717, 1.165) is 11.3 Å². The van der Waals surface area contributed by atoms with Gasteiger partial charge in [0.25, 0.3) is 0 Å². The molecule has 4 nitrogen and oxygen atoms in total. The van der Waals surface area contributed by atoms with Crippen LogP contribution in [0.4, 0.5) is 0 Å². The lowest BCUT2D eigenvalue weighted by atomic mass is 10.2. The van der Waals surface area contributed by atoms with Gasteiger partial charge in [0, 0.05) is 6.54 Å². The number of ether oxygens (including phenoxy) is 1. The fourth-order valence-corrected chi connectivity index (χ4v) is 1.32. The van der Waals surface area contributed by atoms with E-state index >= 15 is 0 Å². The number of benzene rings is 1. The number of carboxylic acid groups (broad SMARTS) is 1. The molecular weight excluding hydrogens is 230 g/mol. The Morgan fingerprint density at radius 2 is 1.89 bits per heavy atom. The molecule has 0 aromatic heterocycles. The maximum atomic E-state index is 10.6. The largest absolute Gasteiger partial charge is 0.493 e. The molecule has 0 amide bonds. The van der Waals surface area contributed by atoms with Crippen LogP contribution in [0.15, 0.2) is 24.3 Å². The second kappa shape index (κ2) is 7.01. The van der Waals surface area contributed by atoms with Crippen molar-refractivity contribution in [3.8, 4) is 5.75 Å². The van der Waals surface area contributed by atoms with E-state index in [9.17, 15) is 4.79 Å². The Bertz CT molecular complexity index is 373. The van der Waals surface area contributed by atoms with Crippen LogP contribution in [0.5, 0.6) is 5.75 Å². The third-order valence-corrected chi connectivity index (χ3v) is 2.49. The van der Waals surface area contributed by atoms with Crippen molar-refractivity contribution in [3.05, 3.63) is 29.8 Å². The van der Waals surface area contributed by atoms with Gasteiger partial charge in [0.05, 0.1) is 6.61 Å². The first kappa shape index (κ1) is 14.5. The van der Waals surface area contributed by atoms with E-state index in [4.69, 9.17) is 9.84 Å². The van der Waals surface area contributed by atoms with E-state index in [1.54, 1.807) is 6.92 Å². The van der Waals surface area contributed by atoms with E-state index in [-0.39, 0.29) is 0 Å². The van der Waals surface area contributed by atoms with Crippen molar-refractivity contribution in [2.45, 2.75) is 33.4 Å². The zero-order valence-corrected chi connectivity index (χ0v) is 11.1. The molecule has 1 atom stereocenters. The third-order valence-electron chi connectivity index (χ3n) is 2.49. The van der Waals surface area contributed by atoms with Gasteiger partial charge in [-0.15, -0.1) is 0 Å². The Hall–Kier alpha value is -1.55. The summed E-state index contributed by atoms with van der Waals surface area (Å²) in [6.07, 6.45) is 0. The lowest BCUT2D eigenvalue weighted by Gasteiger charge is -2.11. The number of carboxylic acids is 1. The molecule has 0 radical (unpaired) electrons. The van der Waals surface area contributed by atoms with Gasteiger partial charge < -0.3 is 15.2 Å². The van der Waals surface area contributed by atoms with Crippen molar-refractivity contribution in [1.29, 1.82) is 0 Å². The van der Waals surface area contributed by atoms with Gasteiger partial charge in [0.2, 0.25) is 0 Å². The van der Waals surface area contributed by atoms with Crippen LogP contribution in [0.3, 0.4) is 0 Å². The highest BCUT2D eigenvalue weighted by atomic mass is 16.5. The molecule has 0 bridgehead atoms. The van der Waals surface area contributed by atoms with Gasteiger partial charge in [0.1, 0.15) is 11.8 Å². The predicted molar refractivity (Wildman–Crippen MR) is 70.7 cm³/mol. The van der Waals surface area contributed by atoms with Crippen LogP contribution in [-0.2, 0) is 11.3 Å². The summed E-state index contributed by atoms with van der Waals surface area (Å²) >= 11 is 0. The topological polar surface area (TPSA) is 58.6 Å². The molecule has 0 heterocycles. The minimum atomic E-state index is -0.841. The molecule has 0 aliphatic carbocycles. The molecule has 2 N–H and O–H groups in total. The Kier molecular flexibility index (Phi) is 5.65. The first-order valence-electron chi connectivity index (χ1n) is 6.17. The summed E-state index contributed by atoms with van der Waals surface area (Å²) in [5.74, 6) is 0.508. The van der Waals surface area contributed by atoms with Crippen molar-refractivity contribution < 1.29 is 14.6 Å². The molecule has 1 aromatic rings. The van der Waals surface area contributed by atoms with Gasteiger partial charge in [-0.1, -0.05) is 26.0 Å². The zero-order valence-electron chi connectivity index (χ0n) is 11.1. The fraction of sp³-hybridized carbons (Fsp3) is 0.500. The van der Waals surface area contributed by atoms with Gasteiger partial charge in [0.15, 0.2) is 0 Å². The minimum absolute atomic E-state index is 0.503. The van der Waals surface area contributed by atoms with Crippen molar-refractivity contribution in [2.24, 2.45) is 5.92 Å². The normalized spacial score (nSPS) is 12.4. The van der Waals surface area contributed by atoms with E-state index in [1.807, 2.05) is 24.3 Å². The van der Waals surface area contributed by atoms with Crippen molar-refractivity contribution >= 4 is 5.97 Å². The number of carbonyl (C=O) groups is 1. The number of rotatable bonds is 7. The molecule has 0 saturated carbocycles. The fourth-order valence-electron chi connectivity index (χ4n) is 1.32. The summed E-state index contributed by atoms with van der Waals surface area (Å²) in [5, 5.41) is 11.7. The second-order valence-electron chi connectivity index (χ2n) is 4.79. The molecule has 100 valence electrons. The summed E-state index contributed by atoms with van der Waals surface area (Å²) in [4.78, 5) is 10.6. The van der Waals surface area contributed by atoms with Crippen LogP contribution in [0.25, 0.3) is 0 Å². The van der Waals surface area contributed by atoms with Crippen LogP contribution in [0.2, 0.25) is 0 Å². The number of nitrogens with one attached hydrogen (secondary N) is 1. The average Bonchev–Trinajstić information content (AvgIpc) is 2.34. The van der Waals surface area contributed by atoms with E-state index in [0.29, 0.717) is 19.1 Å². The van der Waals surface area contributed by atoms with Gasteiger partial charge in [-0.25, -0.2) is 0 Å². The Balaban J connectivity index is 2.42. The molecule has 18 heavy (non-hydrogen) atoms. The molecule has 1 unspecified atom stereocenters. The summed E-state index contributed by atoms with van der Waals surface area (Å²) < 4.78 is 5.57. The van der Waals surface area contributed by atoms with Gasteiger partial charge in [-0.05, 0) is 30.5 Å². The molecule has 0 aliphatic rings. The third kappa shape index (κ3) is 5.19. The number of hydrogen-bond donors (Lipinski definition) is 2. The molecule has 0 spiro atoms. The summed E-state index contributed by atoms with van der Waals surface area (Å²) in [6.45, 7) is 7.07. The first-order chi connectivity index (χ1) is 8.49. The standard InChI is InChI=1S/C14H21NO3/c1-10(2)9-18-13-6-4-12(5-7-13)8-15-11(3)14(16)17/h4-7,10-11,15H,8-9H2,1-3H3,(H,16,17). The first-order valence-corrected chi connectivity index (χ1v) is 6.17. The van der Waals surface area contributed by atoms with Gasteiger partial charge in [-0.3, -0.25) is 4.79 Å². The monoisotopic (exact) mass is 251 g/mol. The van der Waals surface area contributed by atoms with Crippen LogP contribution < -0.4 is 10.1 Å². The molecular formula is C14H21NO3. The maximum Gasteiger partial charge on any atom is 0.320 e. The van der Waals surface area contributed by atoms with E-state index in [2.05, 4.69) is 19.2 Å².